The predicted molar refractivity (Wildman–Crippen MR) is 323 cm³/mol. The Kier molecular flexibility index (Phi) is 54.8. The van der Waals surface area contributed by atoms with Gasteiger partial charge in [0.15, 0.2) is 6.10 Å². The molecule has 0 spiro atoms. The van der Waals surface area contributed by atoms with Crippen molar-refractivity contribution in [2.24, 2.45) is 0 Å². The minimum Gasteiger partial charge on any atom is -0.756 e. The Bertz CT molecular complexity index is 1560. The molecule has 0 aromatic carbocycles. The summed E-state index contributed by atoms with van der Waals surface area (Å²) in [7, 11) is 1.17. The maximum absolute atomic E-state index is 12.8. The van der Waals surface area contributed by atoms with E-state index in [1.165, 1.54) is 154 Å². The first-order valence-corrected chi connectivity index (χ1v) is 32.8. The van der Waals surface area contributed by atoms with Crippen LogP contribution in [-0.4, -0.2) is 70.0 Å². The Balaban J connectivity index is 3.96. The Labute approximate surface area is 469 Å². The highest BCUT2D eigenvalue weighted by Gasteiger charge is 2.22. The summed E-state index contributed by atoms with van der Waals surface area (Å²) in [5.41, 5.74) is 0. The number of phosphoric ester groups is 1. The van der Waals surface area contributed by atoms with Crippen LogP contribution in [0.4, 0.5) is 0 Å². The number of quaternary nitrogens is 1. The molecule has 0 fully saturated rings. The maximum Gasteiger partial charge on any atom is 0.306 e. The number of rotatable bonds is 57. The van der Waals surface area contributed by atoms with E-state index in [1.807, 2.05) is 21.1 Å². The molecule has 0 aliphatic heterocycles. The number of hydrogen-bond acceptors (Lipinski definition) is 8. The lowest BCUT2D eigenvalue weighted by Gasteiger charge is -2.28. The number of allylic oxidation sites excluding steroid dienone is 14. The summed E-state index contributed by atoms with van der Waals surface area (Å²) < 4.78 is 34.1. The zero-order valence-corrected chi connectivity index (χ0v) is 50.8. The zero-order valence-electron chi connectivity index (χ0n) is 49.9. The van der Waals surface area contributed by atoms with Gasteiger partial charge in [0.1, 0.15) is 19.8 Å². The average Bonchev–Trinajstić information content (AvgIpc) is 3.38. The standard InChI is InChI=1S/C66H118NO8P/c1-6-8-10-12-14-16-18-20-21-22-23-24-25-26-27-28-29-30-31-32-33-34-35-36-37-38-39-40-41-42-43-44-45-47-49-51-53-55-57-59-66(69)75-64(63-74-76(70,71)73-61-60-67(3,4)5)62-72-65(68)58-56-54-52-50-48-46-19-17-15-13-11-9-7-2/h8,10,14,16,20-21,23-24,26-27,29-30,32-33,64H,6-7,9,11-13,15,17-19,22,25,28,31,34-63H2,1-5H3/b10-8-,16-14-,21-20-,24-23-,27-26-,30-29-,33-32-. The number of ether oxygens (including phenoxy) is 2. The number of phosphoric acid groups is 1. The molecule has 440 valence electrons. The summed E-state index contributed by atoms with van der Waals surface area (Å²) in [5, 5.41) is 0. The maximum atomic E-state index is 12.8. The van der Waals surface area contributed by atoms with Gasteiger partial charge in [-0.1, -0.05) is 272 Å². The van der Waals surface area contributed by atoms with Gasteiger partial charge in [0.25, 0.3) is 7.82 Å². The number of esters is 2. The molecule has 76 heavy (non-hydrogen) atoms. The number of likely N-dealkylation sites (N-methyl/N-ethyl adjacent to an activating group) is 1. The Morgan fingerprint density at radius 3 is 1.12 bits per heavy atom. The van der Waals surface area contributed by atoms with Crippen molar-refractivity contribution in [1.82, 2.24) is 0 Å². The van der Waals surface area contributed by atoms with Crippen LogP contribution in [0.2, 0.25) is 0 Å². The van der Waals surface area contributed by atoms with Crippen molar-refractivity contribution < 1.29 is 42.1 Å². The van der Waals surface area contributed by atoms with Crippen molar-refractivity contribution in [1.29, 1.82) is 0 Å². The summed E-state index contributed by atoms with van der Waals surface area (Å²) in [4.78, 5) is 37.8. The van der Waals surface area contributed by atoms with Crippen LogP contribution < -0.4 is 4.89 Å². The van der Waals surface area contributed by atoms with Crippen LogP contribution in [0.15, 0.2) is 85.1 Å². The van der Waals surface area contributed by atoms with Gasteiger partial charge in [0.2, 0.25) is 0 Å². The molecule has 2 atom stereocenters. The van der Waals surface area contributed by atoms with Crippen LogP contribution in [0.3, 0.4) is 0 Å². The number of hydrogen-bond donors (Lipinski definition) is 0. The third-order valence-electron chi connectivity index (χ3n) is 13.4. The summed E-state index contributed by atoms with van der Waals surface area (Å²) in [6.07, 6.45) is 76.5. The quantitative estimate of drug-likeness (QED) is 0.0195. The topological polar surface area (TPSA) is 111 Å². The fraction of sp³-hybridized carbons (Fsp3) is 0.758. The minimum absolute atomic E-state index is 0.0306. The lowest BCUT2D eigenvalue weighted by Crippen LogP contribution is -2.37. The van der Waals surface area contributed by atoms with Gasteiger partial charge in [0, 0.05) is 12.8 Å². The second kappa shape index (κ2) is 56.9. The van der Waals surface area contributed by atoms with E-state index in [0.717, 1.165) is 83.5 Å². The molecular weight excluding hydrogens is 966 g/mol. The molecule has 9 nitrogen and oxygen atoms in total. The first kappa shape index (κ1) is 73.2. The molecule has 0 aliphatic carbocycles. The van der Waals surface area contributed by atoms with Crippen LogP contribution in [0, 0.1) is 0 Å². The molecule has 0 rings (SSSR count). The summed E-state index contributed by atoms with van der Waals surface area (Å²) >= 11 is 0. The Hall–Kier alpha value is -2.81. The second-order valence-electron chi connectivity index (χ2n) is 22.0. The van der Waals surface area contributed by atoms with Crippen molar-refractivity contribution in [3.05, 3.63) is 85.1 Å². The summed E-state index contributed by atoms with van der Waals surface area (Å²) in [5.74, 6) is -0.825. The summed E-state index contributed by atoms with van der Waals surface area (Å²) in [6, 6.07) is 0. The van der Waals surface area contributed by atoms with E-state index < -0.39 is 26.5 Å². The number of unbranched alkanes of at least 4 members (excludes halogenated alkanes) is 29. The van der Waals surface area contributed by atoms with Crippen molar-refractivity contribution in [3.63, 3.8) is 0 Å². The fourth-order valence-corrected chi connectivity index (χ4v) is 9.37. The fourth-order valence-electron chi connectivity index (χ4n) is 8.64. The molecule has 0 heterocycles. The van der Waals surface area contributed by atoms with E-state index in [2.05, 4.69) is 98.9 Å². The molecule has 0 radical (unpaired) electrons. The molecule has 0 aliphatic rings. The molecule has 0 saturated heterocycles. The predicted octanol–water partition coefficient (Wildman–Crippen LogP) is 19.2. The average molecular weight is 1080 g/mol. The van der Waals surface area contributed by atoms with Gasteiger partial charge in [0.05, 0.1) is 27.7 Å². The Morgan fingerprint density at radius 1 is 0.421 bits per heavy atom. The van der Waals surface area contributed by atoms with Gasteiger partial charge >= 0.3 is 11.9 Å². The van der Waals surface area contributed by atoms with Gasteiger partial charge in [-0.25, -0.2) is 0 Å². The van der Waals surface area contributed by atoms with Crippen molar-refractivity contribution in [2.45, 2.75) is 277 Å². The molecule has 0 N–H and O–H groups in total. The van der Waals surface area contributed by atoms with Crippen LogP contribution in [-0.2, 0) is 32.7 Å². The van der Waals surface area contributed by atoms with Crippen molar-refractivity contribution in [2.75, 3.05) is 47.5 Å². The van der Waals surface area contributed by atoms with Gasteiger partial charge in [-0.05, 0) is 70.6 Å². The molecule has 2 unspecified atom stereocenters. The van der Waals surface area contributed by atoms with E-state index in [0.29, 0.717) is 17.4 Å². The molecule has 0 saturated carbocycles. The lowest BCUT2D eigenvalue weighted by atomic mass is 10.0. The minimum atomic E-state index is -4.63. The van der Waals surface area contributed by atoms with E-state index in [1.54, 1.807) is 0 Å². The third-order valence-corrected chi connectivity index (χ3v) is 14.4. The van der Waals surface area contributed by atoms with Gasteiger partial charge < -0.3 is 27.9 Å². The van der Waals surface area contributed by atoms with Gasteiger partial charge in [-0.2, -0.15) is 0 Å². The highest BCUT2D eigenvalue weighted by atomic mass is 31.2. The van der Waals surface area contributed by atoms with E-state index in [4.69, 9.17) is 18.5 Å². The monoisotopic (exact) mass is 1080 g/mol. The smallest absolute Gasteiger partial charge is 0.306 e. The number of carbonyl (C=O) groups is 2. The van der Waals surface area contributed by atoms with E-state index in [9.17, 15) is 19.0 Å². The molecule has 0 bridgehead atoms. The normalized spacial score (nSPS) is 13.8. The number of nitrogens with zero attached hydrogens (tertiary/aromatic N) is 1. The molecule has 10 heteroatoms. The zero-order chi connectivity index (χ0) is 55.6. The van der Waals surface area contributed by atoms with Crippen LogP contribution >= 0.6 is 7.82 Å². The highest BCUT2D eigenvalue weighted by molar-refractivity contribution is 7.45. The molecule has 0 amide bonds. The lowest BCUT2D eigenvalue weighted by molar-refractivity contribution is -0.870. The molecule has 0 aromatic rings. The number of carbonyl (C=O) groups excluding carboxylic acids is 2. The van der Waals surface area contributed by atoms with Gasteiger partial charge in [-0.3, -0.25) is 14.2 Å². The first-order valence-electron chi connectivity index (χ1n) is 31.3. The SMILES string of the molecule is CC/C=C\C/C=C\C/C=C\C/C=C\C/C=C\C/C=C\C/C=C\CCCCCCCCCCCCCCCCCCCC(=O)OC(COC(=O)CCCCCCCCCCCCCCC)COP(=O)([O-])OCC[N+](C)(C)C. The largest absolute Gasteiger partial charge is 0.756 e. The second-order valence-corrected chi connectivity index (χ2v) is 23.5. The van der Waals surface area contributed by atoms with Gasteiger partial charge in [-0.15, -0.1) is 0 Å². The van der Waals surface area contributed by atoms with E-state index in [-0.39, 0.29) is 32.0 Å². The van der Waals surface area contributed by atoms with Crippen molar-refractivity contribution >= 4 is 19.8 Å². The van der Waals surface area contributed by atoms with Crippen LogP contribution in [0.25, 0.3) is 0 Å². The highest BCUT2D eigenvalue weighted by Crippen LogP contribution is 2.38. The van der Waals surface area contributed by atoms with Crippen LogP contribution in [0.5, 0.6) is 0 Å². The summed E-state index contributed by atoms with van der Waals surface area (Å²) in [6.45, 7) is 4.14. The Morgan fingerprint density at radius 2 is 0.750 bits per heavy atom. The first-order chi connectivity index (χ1) is 37.0. The van der Waals surface area contributed by atoms with Crippen molar-refractivity contribution in [3.8, 4) is 0 Å². The van der Waals surface area contributed by atoms with Crippen LogP contribution in [0.1, 0.15) is 271 Å². The molecule has 0 aromatic heterocycles. The third kappa shape index (κ3) is 60.4. The molecular formula is C66H118NO8P. The van der Waals surface area contributed by atoms with E-state index >= 15 is 0 Å².